The van der Waals surface area contributed by atoms with Crippen LogP contribution in [0.15, 0.2) is 48.5 Å². The van der Waals surface area contributed by atoms with E-state index < -0.39 is 5.60 Å². The molecule has 2 aromatic rings. The van der Waals surface area contributed by atoms with E-state index in [0.717, 1.165) is 19.3 Å². The minimum absolute atomic E-state index is 0.250. The van der Waals surface area contributed by atoms with E-state index in [9.17, 15) is 4.79 Å². The van der Waals surface area contributed by atoms with Crippen molar-refractivity contribution in [2.75, 3.05) is 0 Å². The summed E-state index contributed by atoms with van der Waals surface area (Å²) in [5, 5.41) is 0. The molecule has 0 unspecified atom stereocenters. The summed E-state index contributed by atoms with van der Waals surface area (Å²) in [5.41, 5.74) is 8.32. The second kappa shape index (κ2) is 11.2. The molecule has 27 heavy (non-hydrogen) atoms. The zero-order chi connectivity index (χ0) is 20.3. The predicted octanol–water partition coefficient (Wildman–Crippen LogP) is 4.62. The number of esters is 1. The molecule has 2 aromatic carbocycles. The summed E-state index contributed by atoms with van der Waals surface area (Å²) < 4.78 is 5.38. The molecule has 0 heterocycles. The van der Waals surface area contributed by atoms with Crippen molar-refractivity contribution < 1.29 is 14.3 Å². The zero-order valence-corrected chi connectivity index (χ0v) is 16.8. The first-order valence-electron chi connectivity index (χ1n) is 9.28. The van der Waals surface area contributed by atoms with Gasteiger partial charge in [0.2, 0.25) is 6.41 Å². The maximum atomic E-state index is 12.0. The van der Waals surface area contributed by atoms with Crippen LogP contribution in [0.25, 0.3) is 0 Å². The average Bonchev–Trinajstić information content (AvgIpc) is 2.60. The number of carbonyl (C=O) groups excluding carboxylic acids is 2. The van der Waals surface area contributed by atoms with E-state index in [0.29, 0.717) is 5.56 Å². The monoisotopic (exact) mass is 369 g/mol. The van der Waals surface area contributed by atoms with Crippen LogP contribution in [0.1, 0.15) is 60.7 Å². The molecule has 2 rings (SSSR count). The molecule has 0 saturated heterocycles. The maximum Gasteiger partial charge on any atom is 0.338 e. The Hall–Kier alpha value is -2.62. The van der Waals surface area contributed by atoms with Crippen molar-refractivity contribution in [3.8, 4) is 0 Å². The summed E-state index contributed by atoms with van der Waals surface area (Å²) in [5.74, 6) is -0.256. The minimum Gasteiger partial charge on any atom is -0.456 e. The van der Waals surface area contributed by atoms with Gasteiger partial charge < -0.3 is 10.5 Å². The number of carbonyl (C=O) groups is 2. The predicted molar refractivity (Wildman–Crippen MR) is 110 cm³/mol. The molecule has 0 aliphatic carbocycles. The lowest BCUT2D eigenvalue weighted by molar-refractivity contribution is -0.106. The third-order valence-electron chi connectivity index (χ3n) is 3.89. The molecular weight excluding hydrogens is 338 g/mol. The Morgan fingerprint density at radius 3 is 1.74 bits per heavy atom. The molecular formula is C23H31NO3. The number of rotatable bonds is 6. The SMILES string of the molecule is Cc1ccc(CCCCc2ccc(C(=O)OC(C)(C)C)cc2)cc1.NC=O. The number of unbranched alkanes of at least 4 members (excludes halogenated alkanes) is 1. The van der Waals surface area contributed by atoms with E-state index in [1.807, 2.05) is 45.0 Å². The van der Waals surface area contributed by atoms with Crippen LogP contribution < -0.4 is 5.73 Å². The third-order valence-corrected chi connectivity index (χ3v) is 3.89. The second-order valence-electron chi connectivity index (χ2n) is 7.53. The van der Waals surface area contributed by atoms with Crippen molar-refractivity contribution in [1.29, 1.82) is 0 Å². The van der Waals surface area contributed by atoms with Gasteiger partial charge >= 0.3 is 5.97 Å². The largest absolute Gasteiger partial charge is 0.456 e. The topological polar surface area (TPSA) is 69.4 Å². The lowest BCUT2D eigenvalue weighted by Gasteiger charge is -2.19. The molecule has 0 aromatic heterocycles. The van der Waals surface area contributed by atoms with Gasteiger partial charge in [-0.2, -0.15) is 0 Å². The van der Waals surface area contributed by atoms with Gasteiger partial charge in [-0.3, -0.25) is 4.79 Å². The minimum atomic E-state index is -0.453. The normalized spacial score (nSPS) is 10.5. The van der Waals surface area contributed by atoms with E-state index in [4.69, 9.17) is 9.53 Å². The van der Waals surface area contributed by atoms with E-state index in [1.54, 1.807) is 0 Å². The Kier molecular flexibility index (Phi) is 9.27. The molecule has 0 aliphatic heterocycles. The zero-order valence-electron chi connectivity index (χ0n) is 16.8. The van der Waals surface area contributed by atoms with Gasteiger partial charge in [0, 0.05) is 0 Å². The van der Waals surface area contributed by atoms with Crippen LogP contribution in [0.5, 0.6) is 0 Å². The van der Waals surface area contributed by atoms with Crippen molar-refractivity contribution in [3.05, 3.63) is 70.8 Å². The lowest BCUT2D eigenvalue weighted by atomic mass is 10.0. The van der Waals surface area contributed by atoms with Crippen molar-refractivity contribution in [2.24, 2.45) is 5.73 Å². The molecule has 0 aliphatic rings. The summed E-state index contributed by atoms with van der Waals surface area (Å²) in [6, 6.07) is 16.6. The number of amides is 1. The molecule has 0 spiro atoms. The van der Waals surface area contributed by atoms with Crippen LogP contribution in [-0.2, 0) is 22.4 Å². The van der Waals surface area contributed by atoms with Crippen LogP contribution in [0.4, 0.5) is 0 Å². The summed E-state index contributed by atoms with van der Waals surface area (Å²) in [6.07, 6.45) is 4.74. The van der Waals surface area contributed by atoms with Gasteiger partial charge in [-0.05, 0) is 76.6 Å². The van der Waals surface area contributed by atoms with Crippen LogP contribution in [0.2, 0.25) is 0 Å². The fourth-order valence-electron chi connectivity index (χ4n) is 2.56. The number of benzene rings is 2. The van der Waals surface area contributed by atoms with Gasteiger partial charge in [0.1, 0.15) is 5.60 Å². The van der Waals surface area contributed by atoms with E-state index in [-0.39, 0.29) is 12.4 Å². The van der Waals surface area contributed by atoms with Gasteiger partial charge in [-0.15, -0.1) is 0 Å². The first kappa shape index (κ1) is 22.4. The fourth-order valence-corrected chi connectivity index (χ4v) is 2.56. The Labute approximate surface area is 162 Å². The van der Waals surface area contributed by atoms with Crippen LogP contribution >= 0.6 is 0 Å². The highest BCUT2D eigenvalue weighted by Gasteiger charge is 2.17. The molecule has 0 atom stereocenters. The summed E-state index contributed by atoms with van der Waals surface area (Å²) in [6.45, 7) is 7.76. The fraction of sp³-hybridized carbons (Fsp3) is 0.391. The number of aryl methyl sites for hydroxylation is 3. The van der Waals surface area contributed by atoms with Gasteiger partial charge in [0.05, 0.1) is 5.56 Å². The Balaban J connectivity index is 0.00000114. The Morgan fingerprint density at radius 2 is 1.33 bits per heavy atom. The lowest BCUT2D eigenvalue weighted by Crippen LogP contribution is -2.23. The highest BCUT2D eigenvalue weighted by Crippen LogP contribution is 2.14. The van der Waals surface area contributed by atoms with E-state index in [1.165, 1.54) is 23.1 Å². The number of ether oxygens (including phenoxy) is 1. The molecule has 4 heteroatoms. The quantitative estimate of drug-likeness (QED) is 0.459. The van der Waals surface area contributed by atoms with Gasteiger partial charge in [-0.25, -0.2) is 4.79 Å². The van der Waals surface area contributed by atoms with Crippen LogP contribution in [0.3, 0.4) is 0 Å². The molecule has 146 valence electrons. The molecule has 0 saturated carbocycles. The van der Waals surface area contributed by atoms with E-state index in [2.05, 4.69) is 36.9 Å². The van der Waals surface area contributed by atoms with Crippen LogP contribution in [-0.4, -0.2) is 18.0 Å². The average molecular weight is 370 g/mol. The Morgan fingerprint density at radius 1 is 0.926 bits per heavy atom. The number of primary amides is 1. The summed E-state index contributed by atoms with van der Waals surface area (Å²) in [7, 11) is 0. The van der Waals surface area contributed by atoms with Crippen molar-refractivity contribution in [3.63, 3.8) is 0 Å². The summed E-state index contributed by atoms with van der Waals surface area (Å²) in [4.78, 5) is 20.6. The highest BCUT2D eigenvalue weighted by atomic mass is 16.6. The second-order valence-corrected chi connectivity index (χ2v) is 7.53. The number of nitrogens with two attached hydrogens (primary N) is 1. The molecule has 4 nitrogen and oxygen atoms in total. The van der Waals surface area contributed by atoms with Crippen molar-refractivity contribution in [1.82, 2.24) is 0 Å². The first-order valence-corrected chi connectivity index (χ1v) is 9.28. The number of hydrogen-bond donors (Lipinski definition) is 1. The number of hydrogen-bond acceptors (Lipinski definition) is 3. The van der Waals surface area contributed by atoms with Gasteiger partial charge in [0.15, 0.2) is 0 Å². The maximum absolute atomic E-state index is 12.0. The van der Waals surface area contributed by atoms with Crippen molar-refractivity contribution in [2.45, 2.75) is 59.0 Å². The molecule has 1 amide bonds. The third kappa shape index (κ3) is 9.59. The van der Waals surface area contributed by atoms with Gasteiger partial charge in [-0.1, -0.05) is 42.0 Å². The molecule has 0 radical (unpaired) electrons. The van der Waals surface area contributed by atoms with Gasteiger partial charge in [0.25, 0.3) is 0 Å². The van der Waals surface area contributed by atoms with E-state index >= 15 is 0 Å². The smallest absolute Gasteiger partial charge is 0.338 e. The van der Waals surface area contributed by atoms with Crippen molar-refractivity contribution >= 4 is 12.4 Å². The standard InChI is InChI=1S/C22H28O2.CH3NO/c1-17-9-11-18(12-10-17)7-5-6-8-19-13-15-20(16-14-19)21(23)24-22(2,3)4;2-1-3/h9-16H,5-8H2,1-4H3;1H,(H2,2,3). The highest BCUT2D eigenvalue weighted by molar-refractivity contribution is 5.89. The Bertz CT molecular complexity index is 698. The first-order chi connectivity index (χ1) is 12.7. The molecule has 2 N–H and O–H groups in total. The summed E-state index contributed by atoms with van der Waals surface area (Å²) >= 11 is 0. The van der Waals surface area contributed by atoms with Crippen LogP contribution in [0, 0.1) is 6.92 Å². The molecule has 0 fully saturated rings. The molecule has 0 bridgehead atoms.